The highest BCUT2D eigenvalue weighted by atomic mass is 32.2. The summed E-state index contributed by atoms with van der Waals surface area (Å²) in [6.45, 7) is -0.614. The lowest BCUT2D eigenvalue weighted by atomic mass is 9.82. The van der Waals surface area contributed by atoms with Crippen molar-refractivity contribution in [2.75, 3.05) is 17.5 Å². The van der Waals surface area contributed by atoms with Crippen molar-refractivity contribution < 1.29 is 36.2 Å². The van der Waals surface area contributed by atoms with Gasteiger partial charge in [0.05, 0.1) is 6.61 Å². The number of hydrogen-bond acceptors (Lipinski definition) is 5. The van der Waals surface area contributed by atoms with E-state index in [0.717, 1.165) is 0 Å². The van der Waals surface area contributed by atoms with Crippen LogP contribution in [0.3, 0.4) is 0 Å². The molecule has 11 heteroatoms. The van der Waals surface area contributed by atoms with E-state index in [1.54, 1.807) is 4.72 Å². The Hall–Kier alpha value is -2.69. The molecule has 0 unspecified atom stereocenters. The molecule has 1 saturated heterocycles. The van der Waals surface area contributed by atoms with E-state index in [2.05, 4.69) is 0 Å². The molecule has 4 rings (SSSR count). The quantitative estimate of drug-likeness (QED) is 0.798. The Bertz CT molecular complexity index is 1080. The van der Waals surface area contributed by atoms with Crippen LogP contribution in [0.2, 0.25) is 0 Å². The molecule has 0 spiro atoms. The summed E-state index contributed by atoms with van der Waals surface area (Å²) in [4.78, 5) is 11.4. The molecule has 150 valence electrons. The first-order chi connectivity index (χ1) is 13.1. The Morgan fingerprint density at radius 2 is 2.00 bits per heavy atom. The van der Waals surface area contributed by atoms with Crippen molar-refractivity contribution in [1.29, 1.82) is 0 Å². The lowest BCUT2D eigenvalue weighted by Gasteiger charge is -2.34. The number of carbonyl (C=O) groups excluding carboxylic acids is 1. The molecule has 7 nitrogen and oxygen atoms in total. The van der Waals surface area contributed by atoms with Crippen LogP contribution in [0.5, 0.6) is 11.5 Å². The van der Waals surface area contributed by atoms with E-state index in [1.165, 1.54) is 24.3 Å². The Morgan fingerprint density at radius 3 is 2.61 bits per heavy atom. The van der Waals surface area contributed by atoms with Crippen LogP contribution in [-0.2, 0) is 15.0 Å². The van der Waals surface area contributed by atoms with Crippen LogP contribution < -0.4 is 13.8 Å². The largest absolute Gasteiger partial charge is 0.506 e. The average molecular weight is 416 g/mol. The SMILES string of the molecule is O=C1CN(c2c(O)cc3ccc(OCC4CC(F)(F)C4)cc3c2F)S(=O)(=O)N1. The second kappa shape index (κ2) is 6.16. The monoisotopic (exact) mass is 416 g/mol. The van der Waals surface area contributed by atoms with Gasteiger partial charge in [-0.1, -0.05) is 6.07 Å². The Balaban J connectivity index is 1.66. The molecule has 2 fully saturated rings. The van der Waals surface area contributed by atoms with Crippen LogP contribution in [0, 0.1) is 11.7 Å². The van der Waals surface area contributed by atoms with E-state index in [4.69, 9.17) is 4.74 Å². The average Bonchev–Trinajstić information content (AvgIpc) is 2.83. The zero-order chi connectivity index (χ0) is 20.3. The molecule has 2 N–H and O–H groups in total. The molecule has 1 saturated carbocycles. The number of ether oxygens (including phenoxy) is 1. The van der Waals surface area contributed by atoms with Gasteiger partial charge in [0, 0.05) is 24.1 Å². The van der Waals surface area contributed by atoms with Crippen molar-refractivity contribution in [3.05, 3.63) is 30.1 Å². The first-order valence-corrected chi connectivity index (χ1v) is 9.79. The van der Waals surface area contributed by atoms with E-state index in [-0.39, 0.29) is 41.9 Å². The van der Waals surface area contributed by atoms with Gasteiger partial charge in [0.25, 0.3) is 5.91 Å². The van der Waals surface area contributed by atoms with Gasteiger partial charge >= 0.3 is 10.2 Å². The molecule has 0 aromatic heterocycles. The number of anilines is 1. The molecule has 0 radical (unpaired) electrons. The number of nitrogens with zero attached hydrogens (tertiary/aromatic N) is 1. The maximum atomic E-state index is 15.1. The van der Waals surface area contributed by atoms with Gasteiger partial charge < -0.3 is 9.84 Å². The third-order valence-electron chi connectivity index (χ3n) is 4.73. The summed E-state index contributed by atoms with van der Waals surface area (Å²) in [5.41, 5.74) is -0.651. The maximum Gasteiger partial charge on any atom is 0.326 e. The highest BCUT2D eigenvalue weighted by Crippen LogP contribution is 2.43. The number of aromatic hydroxyl groups is 1. The molecule has 2 aromatic rings. The van der Waals surface area contributed by atoms with Gasteiger partial charge in [-0.25, -0.2) is 22.2 Å². The molecule has 1 aliphatic heterocycles. The number of benzene rings is 2. The standard InChI is InChI=1S/C17H15F3N2O5S/c18-15-12-4-11(27-8-9-5-17(19,20)6-9)2-1-10(12)3-13(23)16(15)22-7-14(24)21-28(22,25)26/h1-4,9,23H,5-8H2,(H,21,24). The minimum atomic E-state index is -4.31. The first kappa shape index (κ1) is 18.7. The summed E-state index contributed by atoms with van der Waals surface area (Å²) in [6, 6.07) is 5.41. The minimum Gasteiger partial charge on any atom is -0.506 e. The lowest BCUT2D eigenvalue weighted by Crippen LogP contribution is -2.38. The van der Waals surface area contributed by atoms with Crippen molar-refractivity contribution in [3.63, 3.8) is 0 Å². The van der Waals surface area contributed by atoms with Gasteiger partial charge in [-0.05, 0) is 23.6 Å². The molecule has 1 amide bonds. The topological polar surface area (TPSA) is 95.9 Å². The predicted octanol–water partition coefficient (Wildman–Crippen LogP) is 2.29. The van der Waals surface area contributed by atoms with Crippen LogP contribution in [0.1, 0.15) is 12.8 Å². The smallest absolute Gasteiger partial charge is 0.326 e. The fourth-order valence-electron chi connectivity index (χ4n) is 3.40. The molecule has 0 atom stereocenters. The number of nitrogens with one attached hydrogen (secondary N) is 1. The molecule has 2 aromatic carbocycles. The van der Waals surface area contributed by atoms with Crippen LogP contribution >= 0.6 is 0 Å². The number of hydrogen-bond donors (Lipinski definition) is 2. The van der Waals surface area contributed by atoms with E-state index < -0.39 is 45.8 Å². The molecule has 28 heavy (non-hydrogen) atoms. The van der Waals surface area contributed by atoms with Crippen molar-refractivity contribution in [1.82, 2.24) is 4.72 Å². The minimum absolute atomic E-state index is 0.0428. The van der Waals surface area contributed by atoms with Crippen LogP contribution in [0.15, 0.2) is 24.3 Å². The fourth-order valence-corrected chi connectivity index (χ4v) is 4.56. The molecule has 1 aliphatic carbocycles. The van der Waals surface area contributed by atoms with Crippen LogP contribution in [-0.4, -0.2) is 38.5 Å². The highest BCUT2D eigenvalue weighted by molar-refractivity contribution is 7.92. The molecule has 2 aliphatic rings. The third kappa shape index (κ3) is 3.19. The number of alkyl halides is 2. The lowest BCUT2D eigenvalue weighted by molar-refractivity contribution is -0.119. The zero-order valence-electron chi connectivity index (χ0n) is 14.3. The number of rotatable bonds is 4. The summed E-state index contributed by atoms with van der Waals surface area (Å²) in [6.07, 6.45) is -0.526. The summed E-state index contributed by atoms with van der Waals surface area (Å²) in [5.74, 6) is -5.28. The van der Waals surface area contributed by atoms with Gasteiger partial charge in [-0.15, -0.1) is 0 Å². The summed E-state index contributed by atoms with van der Waals surface area (Å²) in [7, 11) is -4.31. The summed E-state index contributed by atoms with van der Waals surface area (Å²) < 4.78 is 72.4. The van der Waals surface area contributed by atoms with Gasteiger partial charge in [0.2, 0.25) is 5.92 Å². The van der Waals surface area contributed by atoms with Gasteiger partial charge in [0.1, 0.15) is 23.7 Å². The fraction of sp³-hybridized carbons (Fsp3) is 0.353. The first-order valence-electron chi connectivity index (χ1n) is 8.35. The van der Waals surface area contributed by atoms with E-state index >= 15 is 4.39 Å². The highest BCUT2D eigenvalue weighted by Gasteiger charge is 2.45. The van der Waals surface area contributed by atoms with Crippen molar-refractivity contribution in [2.24, 2.45) is 5.92 Å². The van der Waals surface area contributed by atoms with Crippen molar-refractivity contribution in [3.8, 4) is 11.5 Å². The predicted molar refractivity (Wildman–Crippen MR) is 93.1 cm³/mol. The van der Waals surface area contributed by atoms with Crippen molar-refractivity contribution in [2.45, 2.75) is 18.8 Å². The maximum absolute atomic E-state index is 15.1. The number of fused-ring (bicyclic) bond motifs is 1. The van der Waals surface area contributed by atoms with E-state index in [0.29, 0.717) is 4.31 Å². The Morgan fingerprint density at radius 1 is 1.29 bits per heavy atom. The second-order valence-electron chi connectivity index (χ2n) is 6.92. The number of phenols is 1. The Labute approximate surface area is 157 Å². The number of phenolic OH excluding ortho intramolecular Hbond substituents is 1. The van der Waals surface area contributed by atoms with Crippen LogP contribution in [0.4, 0.5) is 18.9 Å². The van der Waals surface area contributed by atoms with E-state index in [1.807, 2.05) is 0 Å². The second-order valence-corrected chi connectivity index (χ2v) is 8.51. The molecule has 0 bridgehead atoms. The molecule has 1 heterocycles. The number of amides is 1. The molecular weight excluding hydrogens is 401 g/mol. The van der Waals surface area contributed by atoms with Crippen LogP contribution in [0.25, 0.3) is 10.8 Å². The van der Waals surface area contributed by atoms with Crippen molar-refractivity contribution >= 4 is 32.6 Å². The van der Waals surface area contributed by atoms with Gasteiger partial charge in [-0.3, -0.25) is 4.79 Å². The van der Waals surface area contributed by atoms with E-state index in [9.17, 15) is 27.1 Å². The molecular formula is C17H15F3N2O5S. The normalized spacial score (nSPS) is 20.8. The zero-order valence-corrected chi connectivity index (χ0v) is 15.1. The summed E-state index contributed by atoms with van der Waals surface area (Å²) >= 11 is 0. The van der Waals surface area contributed by atoms with Gasteiger partial charge in [0.15, 0.2) is 5.82 Å². The number of carbonyl (C=O) groups is 1. The Kier molecular flexibility index (Phi) is 4.11. The summed E-state index contributed by atoms with van der Waals surface area (Å²) in [5, 5.41) is 10.3. The number of halogens is 3. The third-order valence-corrected chi connectivity index (χ3v) is 6.11. The van der Waals surface area contributed by atoms with Gasteiger partial charge in [-0.2, -0.15) is 8.42 Å².